The second-order valence-electron chi connectivity index (χ2n) is 7.05. The number of rotatable bonds is 5. The lowest BCUT2D eigenvalue weighted by Crippen LogP contribution is -2.39. The Hall–Kier alpha value is -2.90. The lowest BCUT2D eigenvalue weighted by atomic mass is 9.92. The summed E-state index contributed by atoms with van der Waals surface area (Å²) in [7, 11) is 0. The van der Waals surface area contributed by atoms with Crippen LogP contribution < -0.4 is 16.0 Å². The van der Waals surface area contributed by atoms with E-state index < -0.39 is 4.92 Å². The molecular weight excluding hydrogens is 332 g/mol. The highest BCUT2D eigenvalue weighted by Crippen LogP contribution is 2.32. The smallest absolute Gasteiger partial charge is 0.353 e. The monoisotopic (exact) mass is 356 g/mol. The molecule has 8 nitrogen and oxygen atoms in total. The summed E-state index contributed by atoms with van der Waals surface area (Å²) in [5.74, 6) is 1.52. The Balaban J connectivity index is 1.90. The number of anilines is 3. The van der Waals surface area contributed by atoms with Crippen LogP contribution >= 0.6 is 0 Å². The average molecular weight is 356 g/mol. The molecule has 0 bridgehead atoms. The molecular formula is C18H24N6O2. The Morgan fingerprint density at radius 3 is 2.50 bits per heavy atom. The van der Waals surface area contributed by atoms with Crippen LogP contribution in [-0.2, 0) is 6.54 Å². The molecule has 1 aliphatic heterocycles. The molecule has 0 radical (unpaired) electrons. The van der Waals surface area contributed by atoms with Gasteiger partial charge in [-0.25, -0.2) is 0 Å². The van der Waals surface area contributed by atoms with E-state index >= 15 is 0 Å². The highest BCUT2D eigenvalue weighted by Gasteiger charge is 2.28. The van der Waals surface area contributed by atoms with Crippen molar-refractivity contribution in [1.29, 1.82) is 0 Å². The third-order valence-electron chi connectivity index (χ3n) is 4.54. The number of hydrogen-bond acceptors (Lipinski definition) is 7. The zero-order chi connectivity index (χ0) is 18.7. The summed E-state index contributed by atoms with van der Waals surface area (Å²) >= 11 is 0. The average Bonchev–Trinajstić information content (AvgIpc) is 2.59. The van der Waals surface area contributed by atoms with Crippen LogP contribution in [0.15, 0.2) is 30.3 Å². The molecule has 3 N–H and O–H groups in total. The van der Waals surface area contributed by atoms with Crippen LogP contribution in [0.1, 0.15) is 25.8 Å². The lowest BCUT2D eigenvalue weighted by Gasteiger charge is -2.35. The van der Waals surface area contributed by atoms with E-state index in [1.807, 2.05) is 30.3 Å². The van der Waals surface area contributed by atoms with E-state index in [0.717, 1.165) is 25.1 Å². The van der Waals surface area contributed by atoms with Crippen molar-refractivity contribution in [2.75, 3.05) is 29.0 Å². The number of hydrogen-bond donors (Lipinski definition) is 2. The minimum atomic E-state index is -0.534. The molecule has 2 atom stereocenters. The number of aromatic nitrogens is 2. The van der Waals surface area contributed by atoms with Gasteiger partial charge in [-0.05, 0) is 23.8 Å². The first-order chi connectivity index (χ1) is 12.4. The number of benzene rings is 1. The zero-order valence-electron chi connectivity index (χ0n) is 15.1. The molecule has 8 heteroatoms. The fourth-order valence-corrected chi connectivity index (χ4v) is 3.51. The van der Waals surface area contributed by atoms with Gasteiger partial charge in [-0.15, -0.1) is 0 Å². The molecule has 26 heavy (non-hydrogen) atoms. The maximum Gasteiger partial charge on any atom is 0.353 e. The van der Waals surface area contributed by atoms with Crippen LogP contribution in [0.4, 0.5) is 23.3 Å². The van der Waals surface area contributed by atoms with Crippen molar-refractivity contribution in [3.05, 3.63) is 46.0 Å². The summed E-state index contributed by atoms with van der Waals surface area (Å²) in [4.78, 5) is 21.6. The Kier molecular flexibility index (Phi) is 5.20. The number of nitrogens with one attached hydrogen (secondary N) is 1. The van der Waals surface area contributed by atoms with Crippen LogP contribution in [-0.4, -0.2) is 28.0 Å². The van der Waals surface area contributed by atoms with Gasteiger partial charge in [-0.3, -0.25) is 10.1 Å². The fourth-order valence-electron chi connectivity index (χ4n) is 3.51. The van der Waals surface area contributed by atoms with Gasteiger partial charge in [0.2, 0.25) is 17.6 Å². The van der Waals surface area contributed by atoms with Crippen LogP contribution in [0.5, 0.6) is 0 Å². The van der Waals surface area contributed by atoms with E-state index in [9.17, 15) is 10.1 Å². The summed E-state index contributed by atoms with van der Waals surface area (Å²) in [5.41, 5.74) is 6.63. The lowest BCUT2D eigenvalue weighted by molar-refractivity contribution is -0.383. The van der Waals surface area contributed by atoms with Crippen molar-refractivity contribution in [3.8, 4) is 0 Å². The van der Waals surface area contributed by atoms with E-state index in [0.29, 0.717) is 24.3 Å². The molecule has 0 aliphatic carbocycles. The molecule has 0 unspecified atom stereocenters. The number of piperidine rings is 1. The normalized spacial score (nSPS) is 20.0. The first-order valence-electron chi connectivity index (χ1n) is 8.78. The van der Waals surface area contributed by atoms with Crippen molar-refractivity contribution < 1.29 is 4.92 Å². The fraction of sp³-hybridized carbons (Fsp3) is 0.444. The van der Waals surface area contributed by atoms with Crippen molar-refractivity contribution in [2.45, 2.75) is 26.8 Å². The number of nitrogens with two attached hydrogens (primary N) is 1. The molecule has 1 saturated heterocycles. The highest BCUT2D eigenvalue weighted by atomic mass is 16.6. The summed E-state index contributed by atoms with van der Waals surface area (Å²) in [6, 6.07) is 9.64. The van der Waals surface area contributed by atoms with Crippen molar-refractivity contribution in [2.24, 2.45) is 11.8 Å². The first-order valence-corrected chi connectivity index (χ1v) is 8.78. The molecule has 1 aliphatic rings. The Bertz CT molecular complexity index is 773. The minimum Gasteiger partial charge on any atom is -0.378 e. The third-order valence-corrected chi connectivity index (χ3v) is 4.54. The number of nitro groups is 1. The van der Waals surface area contributed by atoms with Gasteiger partial charge in [-0.1, -0.05) is 44.2 Å². The van der Waals surface area contributed by atoms with Crippen LogP contribution in [0.2, 0.25) is 0 Å². The SMILES string of the molecule is C[C@@H]1C[C@@H](C)CN(c2nc(N)c([N+](=O)[O-])c(NCc3ccccc3)n2)C1. The molecule has 1 aromatic carbocycles. The van der Waals surface area contributed by atoms with E-state index in [4.69, 9.17) is 5.73 Å². The van der Waals surface area contributed by atoms with Crippen LogP contribution in [0.25, 0.3) is 0 Å². The van der Waals surface area contributed by atoms with Gasteiger partial charge in [-0.2, -0.15) is 9.97 Å². The quantitative estimate of drug-likeness (QED) is 0.625. The molecule has 0 saturated carbocycles. The van der Waals surface area contributed by atoms with Crippen molar-refractivity contribution in [3.63, 3.8) is 0 Å². The standard InChI is InChI=1S/C18H24N6O2/c1-12-8-13(2)11-23(10-12)18-21-16(19)15(24(25)26)17(22-18)20-9-14-6-4-3-5-7-14/h3-7,12-13H,8-11H2,1-2H3,(H3,19,20,21,22)/t12-,13-/m1/s1. The molecule has 0 spiro atoms. The van der Waals surface area contributed by atoms with Gasteiger partial charge in [0.1, 0.15) is 0 Å². The second kappa shape index (κ2) is 7.55. The van der Waals surface area contributed by atoms with Gasteiger partial charge in [0, 0.05) is 19.6 Å². The van der Waals surface area contributed by atoms with E-state index in [-0.39, 0.29) is 17.3 Å². The summed E-state index contributed by atoms with van der Waals surface area (Å²) in [5, 5.41) is 14.5. The summed E-state index contributed by atoms with van der Waals surface area (Å²) in [6.07, 6.45) is 1.15. The van der Waals surface area contributed by atoms with Crippen molar-refractivity contribution >= 4 is 23.3 Å². The Morgan fingerprint density at radius 1 is 1.23 bits per heavy atom. The molecule has 1 aromatic heterocycles. The topological polar surface area (TPSA) is 110 Å². The maximum atomic E-state index is 11.4. The molecule has 2 aromatic rings. The second-order valence-corrected chi connectivity index (χ2v) is 7.05. The summed E-state index contributed by atoms with van der Waals surface area (Å²) < 4.78 is 0. The first kappa shape index (κ1) is 17.9. The predicted molar refractivity (Wildman–Crippen MR) is 102 cm³/mol. The van der Waals surface area contributed by atoms with Gasteiger partial charge in [0.05, 0.1) is 4.92 Å². The van der Waals surface area contributed by atoms with Crippen LogP contribution in [0, 0.1) is 22.0 Å². The zero-order valence-corrected chi connectivity index (χ0v) is 15.1. The number of nitrogens with zero attached hydrogens (tertiary/aromatic N) is 4. The van der Waals surface area contributed by atoms with E-state index in [2.05, 4.69) is 34.0 Å². The van der Waals surface area contributed by atoms with E-state index in [1.165, 1.54) is 0 Å². The third kappa shape index (κ3) is 4.01. The number of nitrogen functional groups attached to an aromatic ring is 1. The maximum absolute atomic E-state index is 11.4. The largest absolute Gasteiger partial charge is 0.378 e. The van der Waals surface area contributed by atoms with Gasteiger partial charge >= 0.3 is 5.69 Å². The predicted octanol–water partition coefficient (Wildman–Crippen LogP) is 3.06. The van der Waals surface area contributed by atoms with Crippen molar-refractivity contribution in [1.82, 2.24) is 9.97 Å². The Labute approximate surface area is 152 Å². The molecule has 138 valence electrons. The minimum absolute atomic E-state index is 0.110. The molecule has 3 rings (SSSR count). The van der Waals surface area contributed by atoms with Gasteiger partial charge in [0.25, 0.3) is 0 Å². The highest BCUT2D eigenvalue weighted by molar-refractivity contribution is 5.70. The van der Waals surface area contributed by atoms with E-state index in [1.54, 1.807) is 0 Å². The molecule has 0 amide bonds. The summed E-state index contributed by atoms with van der Waals surface area (Å²) in [6.45, 7) is 6.43. The van der Waals surface area contributed by atoms with Crippen LogP contribution in [0.3, 0.4) is 0 Å². The van der Waals surface area contributed by atoms with Gasteiger partial charge in [0.15, 0.2) is 0 Å². The molecule has 2 heterocycles. The molecule has 1 fully saturated rings. The Morgan fingerprint density at radius 2 is 1.88 bits per heavy atom. The van der Waals surface area contributed by atoms with Gasteiger partial charge < -0.3 is 16.0 Å².